The van der Waals surface area contributed by atoms with Crippen molar-refractivity contribution in [2.24, 2.45) is 11.8 Å². The number of rotatable bonds is 3. The quantitative estimate of drug-likeness (QED) is 0.894. The summed E-state index contributed by atoms with van der Waals surface area (Å²) in [6.45, 7) is 5.82. The first kappa shape index (κ1) is 13.1. The number of allylic oxidation sites excluding steroid dienone is 1. The molecule has 0 amide bonds. The summed E-state index contributed by atoms with van der Waals surface area (Å²) in [5, 5.41) is 10.0. The zero-order valence-corrected chi connectivity index (χ0v) is 11.1. The van der Waals surface area contributed by atoms with E-state index in [1.165, 1.54) is 0 Å². The third-order valence-corrected chi connectivity index (χ3v) is 3.80. The molecule has 2 rings (SSSR count). The predicted molar refractivity (Wildman–Crippen MR) is 69.2 cm³/mol. The summed E-state index contributed by atoms with van der Waals surface area (Å²) < 4.78 is 5.43. The lowest BCUT2D eigenvalue weighted by Gasteiger charge is -2.30. The van der Waals surface area contributed by atoms with Gasteiger partial charge in [-0.25, -0.2) is 0 Å². The molecule has 0 saturated carbocycles. The van der Waals surface area contributed by atoms with Crippen LogP contribution in [-0.4, -0.2) is 17.0 Å². The van der Waals surface area contributed by atoms with Crippen molar-refractivity contribution in [3.8, 4) is 0 Å². The van der Waals surface area contributed by atoms with Crippen LogP contribution in [0, 0.1) is 18.8 Å². The van der Waals surface area contributed by atoms with Crippen molar-refractivity contribution in [3.63, 3.8) is 0 Å². The Balaban J connectivity index is 2.05. The number of ketones is 1. The normalized spacial score (nSPS) is 26.0. The molecule has 0 aromatic carbocycles. The van der Waals surface area contributed by atoms with Gasteiger partial charge in [0, 0.05) is 6.42 Å². The number of aryl methyl sites for hydroxylation is 1. The summed E-state index contributed by atoms with van der Waals surface area (Å²) in [6, 6.07) is 2.01. The molecule has 0 saturated heterocycles. The van der Waals surface area contributed by atoms with Crippen molar-refractivity contribution in [2.75, 3.05) is 0 Å². The lowest BCUT2D eigenvalue weighted by atomic mass is 9.77. The minimum atomic E-state index is -0.860. The van der Waals surface area contributed by atoms with Crippen LogP contribution in [0.4, 0.5) is 0 Å². The van der Waals surface area contributed by atoms with E-state index < -0.39 is 6.10 Å². The lowest BCUT2D eigenvalue weighted by molar-refractivity contribution is -0.127. The van der Waals surface area contributed by atoms with Crippen LogP contribution in [0.1, 0.15) is 31.6 Å². The molecule has 98 valence electrons. The fraction of sp³-hybridized carbons (Fsp3) is 0.533. The van der Waals surface area contributed by atoms with E-state index in [-0.39, 0.29) is 17.6 Å². The number of aliphatic hydroxyl groups is 1. The highest BCUT2D eigenvalue weighted by Crippen LogP contribution is 2.30. The highest BCUT2D eigenvalue weighted by atomic mass is 16.3. The second kappa shape index (κ2) is 5.11. The molecule has 1 heterocycles. The number of hydrogen-bond acceptors (Lipinski definition) is 3. The van der Waals surface area contributed by atoms with E-state index in [4.69, 9.17) is 4.42 Å². The van der Waals surface area contributed by atoms with Gasteiger partial charge in [0.15, 0.2) is 5.78 Å². The molecule has 3 heteroatoms. The third kappa shape index (κ3) is 2.56. The molecule has 1 aliphatic carbocycles. The summed E-state index contributed by atoms with van der Waals surface area (Å²) in [4.78, 5) is 11.8. The number of carbonyl (C=O) groups is 1. The maximum Gasteiger partial charge on any atom is 0.186 e. The summed E-state index contributed by atoms with van der Waals surface area (Å²) in [6.07, 6.45) is 4.33. The van der Waals surface area contributed by atoms with Crippen LogP contribution in [0.2, 0.25) is 0 Å². The van der Waals surface area contributed by atoms with Crippen LogP contribution in [-0.2, 0) is 11.2 Å². The van der Waals surface area contributed by atoms with E-state index in [1.54, 1.807) is 13.2 Å². The van der Waals surface area contributed by atoms with Gasteiger partial charge in [-0.1, -0.05) is 13.0 Å². The fourth-order valence-electron chi connectivity index (χ4n) is 2.58. The van der Waals surface area contributed by atoms with Crippen LogP contribution >= 0.6 is 0 Å². The highest BCUT2D eigenvalue weighted by molar-refractivity contribution is 5.99. The summed E-state index contributed by atoms with van der Waals surface area (Å²) in [5.41, 5.74) is 1.79. The first-order chi connectivity index (χ1) is 8.49. The van der Waals surface area contributed by atoms with Crippen LogP contribution in [0.3, 0.4) is 0 Å². The van der Waals surface area contributed by atoms with E-state index in [1.807, 2.05) is 19.1 Å². The van der Waals surface area contributed by atoms with Crippen molar-refractivity contribution < 1.29 is 14.3 Å². The van der Waals surface area contributed by atoms with Gasteiger partial charge in [0.2, 0.25) is 0 Å². The molecule has 3 nitrogen and oxygen atoms in total. The lowest BCUT2D eigenvalue weighted by Crippen LogP contribution is -2.37. The van der Waals surface area contributed by atoms with Crippen LogP contribution in [0.25, 0.3) is 0 Å². The SMILES string of the molecule is CC1=CCC(C(C)Cc2cc(C)co2)C(O)C1=O. The molecule has 1 N–H and O–H groups in total. The summed E-state index contributed by atoms with van der Waals surface area (Å²) in [7, 11) is 0. The Morgan fingerprint density at radius 2 is 2.22 bits per heavy atom. The Kier molecular flexibility index (Phi) is 3.71. The molecule has 3 atom stereocenters. The predicted octanol–water partition coefficient (Wildman–Crippen LogP) is 2.66. The van der Waals surface area contributed by atoms with Gasteiger partial charge in [-0.3, -0.25) is 4.79 Å². The van der Waals surface area contributed by atoms with Crippen molar-refractivity contribution >= 4 is 5.78 Å². The standard InChI is InChI=1S/C15H20O3/c1-9-6-12(18-8-9)7-11(3)13-5-4-10(2)14(16)15(13)17/h4,6,8,11,13,15,17H,5,7H2,1-3H3. The fourth-order valence-corrected chi connectivity index (χ4v) is 2.58. The minimum absolute atomic E-state index is 0.00777. The van der Waals surface area contributed by atoms with Crippen molar-refractivity contribution in [1.29, 1.82) is 0 Å². The molecule has 0 aliphatic heterocycles. The van der Waals surface area contributed by atoms with Crippen molar-refractivity contribution in [3.05, 3.63) is 35.3 Å². The molecule has 0 radical (unpaired) electrons. The zero-order valence-electron chi connectivity index (χ0n) is 11.1. The second-order valence-electron chi connectivity index (χ2n) is 5.37. The zero-order chi connectivity index (χ0) is 13.3. The van der Waals surface area contributed by atoms with E-state index in [0.717, 1.165) is 24.2 Å². The Labute approximate surface area is 108 Å². The van der Waals surface area contributed by atoms with Gasteiger partial charge in [0.05, 0.1) is 6.26 Å². The van der Waals surface area contributed by atoms with Crippen LogP contribution in [0.15, 0.2) is 28.4 Å². The van der Waals surface area contributed by atoms with Crippen LogP contribution < -0.4 is 0 Å². The number of hydrogen-bond donors (Lipinski definition) is 1. The van der Waals surface area contributed by atoms with E-state index in [9.17, 15) is 9.90 Å². The molecule has 1 aromatic heterocycles. The second-order valence-corrected chi connectivity index (χ2v) is 5.37. The maximum atomic E-state index is 11.8. The van der Waals surface area contributed by atoms with E-state index in [0.29, 0.717) is 5.57 Å². The van der Waals surface area contributed by atoms with Gasteiger partial charge in [-0.15, -0.1) is 0 Å². The van der Waals surface area contributed by atoms with Gasteiger partial charge < -0.3 is 9.52 Å². The molecule has 0 bridgehead atoms. The topological polar surface area (TPSA) is 50.4 Å². The third-order valence-electron chi connectivity index (χ3n) is 3.80. The average molecular weight is 248 g/mol. The van der Waals surface area contributed by atoms with Gasteiger partial charge in [-0.05, 0) is 49.3 Å². The molecule has 0 fully saturated rings. The average Bonchev–Trinajstić information content (AvgIpc) is 2.71. The van der Waals surface area contributed by atoms with Gasteiger partial charge in [0.1, 0.15) is 11.9 Å². The summed E-state index contributed by atoms with van der Waals surface area (Å²) in [5.74, 6) is 1.00. The maximum absolute atomic E-state index is 11.8. The van der Waals surface area contributed by atoms with Gasteiger partial charge >= 0.3 is 0 Å². The molecular weight excluding hydrogens is 228 g/mol. The molecule has 1 aromatic rings. The number of Topliss-reactive ketones (excluding diaryl/α,β-unsaturated/α-hetero) is 1. The smallest absolute Gasteiger partial charge is 0.186 e. The first-order valence-electron chi connectivity index (χ1n) is 6.42. The Hall–Kier alpha value is -1.35. The Morgan fingerprint density at radius 1 is 1.50 bits per heavy atom. The summed E-state index contributed by atoms with van der Waals surface area (Å²) >= 11 is 0. The van der Waals surface area contributed by atoms with Crippen molar-refractivity contribution in [2.45, 2.75) is 39.7 Å². The Bertz CT molecular complexity index is 470. The van der Waals surface area contributed by atoms with Gasteiger partial charge in [-0.2, -0.15) is 0 Å². The molecule has 3 unspecified atom stereocenters. The number of furan rings is 1. The molecular formula is C15H20O3. The molecule has 18 heavy (non-hydrogen) atoms. The molecule has 1 aliphatic rings. The molecule has 0 spiro atoms. The number of carbonyl (C=O) groups excluding carboxylic acids is 1. The van der Waals surface area contributed by atoms with Crippen LogP contribution in [0.5, 0.6) is 0 Å². The van der Waals surface area contributed by atoms with E-state index in [2.05, 4.69) is 6.92 Å². The monoisotopic (exact) mass is 248 g/mol. The number of aliphatic hydroxyl groups excluding tert-OH is 1. The largest absolute Gasteiger partial charge is 0.469 e. The minimum Gasteiger partial charge on any atom is -0.469 e. The first-order valence-corrected chi connectivity index (χ1v) is 6.42. The highest BCUT2D eigenvalue weighted by Gasteiger charge is 2.33. The van der Waals surface area contributed by atoms with Crippen molar-refractivity contribution in [1.82, 2.24) is 0 Å². The van der Waals surface area contributed by atoms with E-state index >= 15 is 0 Å². The Morgan fingerprint density at radius 3 is 2.83 bits per heavy atom. The van der Waals surface area contributed by atoms with Gasteiger partial charge in [0.25, 0.3) is 0 Å².